The maximum atomic E-state index is 11.9. The van der Waals surface area contributed by atoms with Crippen molar-refractivity contribution in [3.8, 4) is 0 Å². The van der Waals surface area contributed by atoms with Gasteiger partial charge in [0.05, 0.1) is 11.4 Å². The van der Waals surface area contributed by atoms with Crippen molar-refractivity contribution in [3.05, 3.63) is 48.0 Å². The number of amides is 2. The average molecular weight is 312 g/mol. The number of carbonyl (C=O) groups is 2. The molecule has 0 heterocycles. The zero-order chi connectivity index (χ0) is 17.0. The van der Waals surface area contributed by atoms with Crippen LogP contribution in [0.15, 0.2) is 42.5 Å². The van der Waals surface area contributed by atoms with Gasteiger partial charge < -0.3 is 21.3 Å². The standard InChI is InChI=1S/C17H20N4O2/c1-11-4-9-15(14(18)10-11)20-17(23)16(22)19-12-5-7-13(8-6-12)21(2)3/h4-10H,18H2,1-3H3,(H,19,22)(H,20,23). The maximum absolute atomic E-state index is 11.9. The number of nitrogen functional groups attached to an aromatic ring is 1. The van der Waals surface area contributed by atoms with E-state index < -0.39 is 11.8 Å². The van der Waals surface area contributed by atoms with Crippen LogP contribution in [-0.4, -0.2) is 25.9 Å². The molecule has 6 heteroatoms. The molecule has 0 atom stereocenters. The van der Waals surface area contributed by atoms with Gasteiger partial charge in [-0.3, -0.25) is 9.59 Å². The van der Waals surface area contributed by atoms with E-state index in [1.54, 1.807) is 24.3 Å². The summed E-state index contributed by atoms with van der Waals surface area (Å²) in [7, 11) is 3.85. The van der Waals surface area contributed by atoms with Crippen LogP contribution in [0.1, 0.15) is 5.56 Å². The van der Waals surface area contributed by atoms with Gasteiger partial charge in [-0.05, 0) is 48.9 Å². The molecule has 0 aliphatic heterocycles. The van der Waals surface area contributed by atoms with Crippen LogP contribution < -0.4 is 21.3 Å². The molecule has 0 saturated carbocycles. The van der Waals surface area contributed by atoms with Gasteiger partial charge in [-0.25, -0.2) is 0 Å². The van der Waals surface area contributed by atoms with E-state index in [9.17, 15) is 9.59 Å². The Hall–Kier alpha value is -3.02. The Morgan fingerprint density at radius 1 is 0.957 bits per heavy atom. The number of nitrogens with one attached hydrogen (secondary N) is 2. The largest absolute Gasteiger partial charge is 0.397 e. The second kappa shape index (κ2) is 6.83. The van der Waals surface area contributed by atoms with E-state index in [0.29, 0.717) is 17.1 Å². The summed E-state index contributed by atoms with van der Waals surface area (Å²) >= 11 is 0. The van der Waals surface area contributed by atoms with Crippen molar-refractivity contribution in [1.82, 2.24) is 0 Å². The molecule has 0 spiro atoms. The van der Waals surface area contributed by atoms with Crippen molar-refractivity contribution in [3.63, 3.8) is 0 Å². The number of hydrogen-bond acceptors (Lipinski definition) is 4. The number of anilines is 4. The Morgan fingerprint density at radius 2 is 1.57 bits per heavy atom. The van der Waals surface area contributed by atoms with E-state index in [2.05, 4.69) is 10.6 Å². The lowest BCUT2D eigenvalue weighted by Gasteiger charge is -2.13. The molecule has 0 unspecified atom stereocenters. The second-order valence-corrected chi connectivity index (χ2v) is 5.44. The summed E-state index contributed by atoms with van der Waals surface area (Å²) in [5, 5.41) is 5.05. The van der Waals surface area contributed by atoms with E-state index in [1.165, 1.54) is 0 Å². The number of benzene rings is 2. The molecule has 2 rings (SSSR count). The number of rotatable bonds is 3. The second-order valence-electron chi connectivity index (χ2n) is 5.44. The van der Waals surface area contributed by atoms with Gasteiger partial charge >= 0.3 is 11.8 Å². The first-order valence-electron chi connectivity index (χ1n) is 7.12. The summed E-state index contributed by atoms with van der Waals surface area (Å²) < 4.78 is 0. The third kappa shape index (κ3) is 4.23. The zero-order valence-corrected chi connectivity index (χ0v) is 13.4. The summed E-state index contributed by atoms with van der Waals surface area (Å²) in [5.41, 5.74) is 9.18. The monoisotopic (exact) mass is 312 g/mol. The number of aryl methyl sites for hydroxylation is 1. The summed E-state index contributed by atoms with van der Waals surface area (Å²) in [4.78, 5) is 25.8. The van der Waals surface area contributed by atoms with Gasteiger partial charge in [0.1, 0.15) is 0 Å². The van der Waals surface area contributed by atoms with Gasteiger partial charge in [-0.15, -0.1) is 0 Å². The fourth-order valence-electron chi connectivity index (χ4n) is 2.01. The minimum absolute atomic E-state index is 0.415. The molecular formula is C17H20N4O2. The van der Waals surface area contributed by atoms with Crippen LogP contribution in [0.2, 0.25) is 0 Å². The highest BCUT2D eigenvalue weighted by molar-refractivity contribution is 6.43. The van der Waals surface area contributed by atoms with E-state index in [1.807, 2.05) is 44.1 Å². The molecule has 0 fully saturated rings. The fraction of sp³-hybridized carbons (Fsp3) is 0.176. The van der Waals surface area contributed by atoms with Crippen LogP contribution in [0.25, 0.3) is 0 Å². The van der Waals surface area contributed by atoms with Crippen LogP contribution in [-0.2, 0) is 9.59 Å². The highest BCUT2D eigenvalue weighted by atomic mass is 16.2. The third-order valence-corrected chi connectivity index (χ3v) is 3.30. The van der Waals surface area contributed by atoms with Crippen molar-refractivity contribution >= 4 is 34.6 Å². The Labute approximate surface area is 135 Å². The van der Waals surface area contributed by atoms with Gasteiger partial charge in [0, 0.05) is 25.5 Å². The van der Waals surface area contributed by atoms with Gasteiger partial charge in [0.2, 0.25) is 0 Å². The average Bonchev–Trinajstić information content (AvgIpc) is 2.50. The number of carbonyl (C=O) groups excluding carboxylic acids is 2. The SMILES string of the molecule is Cc1ccc(NC(=O)C(=O)Nc2ccc(N(C)C)cc2)c(N)c1. The van der Waals surface area contributed by atoms with Crippen molar-refractivity contribution in [2.45, 2.75) is 6.92 Å². The summed E-state index contributed by atoms with van der Waals surface area (Å²) in [6, 6.07) is 12.4. The summed E-state index contributed by atoms with van der Waals surface area (Å²) in [6.45, 7) is 1.89. The fourth-order valence-corrected chi connectivity index (χ4v) is 2.01. The van der Waals surface area contributed by atoms with E-state index in [-0.39, 0.29) is 0 Å². The molecule has 2 amide bonds. The molecule has 4 N–H and O–H groups in total. The number of hydrogen-bond donors (Lipinski definition) is 3. The molecule has 120 valence electrons. The summed E-state index contributed by atoms with van der Waals surface area (Å²) in [5.74, 6) is -1.51. The van der Waals surface area contributed by atoms with E-state index in [4.69, 9.17) is 5.73 Å². The molecule has 2 aromatic rings. The van der Waals surface area contributed by atoms with Crippen molar-refractivity contribution in [2.75, 3.05) is 35.4 Å². The smallest absolute Gasteiger partial charge is 0.314 e. The first kappa shape index (κ1) is 16.4. The lowest BCUT2D eigenvalue weighted by Crippen LogP contribution is -2.29. The predicted molar refractivity (Wildman–Crippen MR) is 93.6 cm³/mol. The molecule has 0 aromatic heterocycles. The molecule has 2 aromatic carbocycles. The zero-order valence-electron chi connectivity index (χ0n) is 13.4. The van der Waals surface area contributed by atoms with Crippen LogP contribution >= 0.6 is 0 Å². The first-order chi connectivity index (χ1) is 10.9. The quantitative estimate of drug-likeness (QED) is 0.599. The molecule has 23 heavy (non-hydrogen) atoms. The predicted octanol–water partition coefficient (Wildman–Crippen LogP) is 2.22. The summed E-state index contributed by atoms with van der Waals surface area (Å²) in [6.07, 6.45) is 0. The van der Waals surface area contributed by atoms with Crippen LogP contribution in [0.3, 0.4) is 0 Å². The van der Waals surface area contributed by atoms with Crippen LogP contribution in [0, 0.1) is 6.92 Å². The van der Waals surface area contributed by atoms with Crippen molar-refractivity contribution < 1.29 is 9.59 Å². The van der Waals surface area contributed by atoms with Crippen molar-refractivity contribution in [1.29, 1.82) is 0 Å². The van der Waals surface area contributed by atoms with Crippen LogP contribution in [0.5, 0.6) is 0 Å². The molecule has 6 nitrogen and oxygen atoms in total. The van der Waals surface area contributed by atoms with E-state index >= 15 is 0 Å². The Balaban J connectivity index is 2.01. The number of nitrogens with two attached hydrogens (primary N) is 1. The molecule has 0 bridgehead atoms. The molecular weight excluding hydrogens is 292 g/mol. The number of nitrogens with zero attached hydrogens (tertiary/aromatic N) is 1. The highest BCUT2D eigenvalue weighted by Gasteiger charge is 2.15. The molecule has 0 aliphatic rings. The van der Waals surface area contributed by atoms with Gasteiger partial charge in [0.15, 0.2) is 0 Å². The topological polar surface area (TPSA) is 87.5 Å². The normalized spacial score (nSPS) is 10.0. The van der Waals surface area contributed by atoms with Crippen LogP contribution in [0.4, 0.5) is 22.7 Å². The highest BCUT2D eigenvalue weighted by Crippen LogP contribution is 2.19. The third-order valence-electron chi connectivity index (χ3n) is 3.30. The molecule has 0 radical (unpaired) electrons. The minimum atomic E-state index is -0.766. The Bertz CT molecular complexity index is 724. The van der Waals surface area contributed by atoms with Crippen molar-refractivity contribution in [2.24, 2.45) is 0 Å². The molecule has 0 saturated heterocycles. The Morgan fingerprint density at radius 3 is 2.13 bits per heavy atom. The maximum Gasteiger partial charge on any atom is 0.314 e. The van der Waals surface area contributed by atoms with E-state index in [0.717, 1.165) is 11.3 Å². The van der Waals surface area contributed by atoms with Gasteiger partial charge in [-0.1, -0.05) is 6.07 Å². The lowest BCUT2D eigenvalue weighted by atomic mass is 10.2. The van der Waals surface area contributed by atoms with Gasteiger partial charge in [-0.2, -0.15) is 0 Å². The Kier molecular flexibility index (Phi) is 4.85. The minimum Gasteiger partial charge on any atom is -0.397 e. The first-order valence-corrected chi connectivity index (χ1v) is 7.12. The molecule has 0 aliphatic carbocycles. The lowest BCUT2D eigenvalue weighted by molar-refractivity contribution is -0.132. The van der Waals surface area contributed by atoms with Gasteiger partial charge in [0.25, 0.3) is 0 Å².